The Morgan fingerprint density at radius 2 is 2.26 bits per heavy atom. The van der Waals surface area contributed by atoms with Gasteiger partial charge in [0.05, 0.1) is 25.4 Å². The van der Waals surface area contributed by atoms with Crippen LogP contribution in [0.25, 0.3) is 0 Å². The fraction of sp³-hybridized carbons (Fsp3) is 0.929. The van der Waals surface area contributed by atoms with Crippen molar-refractivity contribution in [3.8, 4) is 0 Å². The van der Waals surface area contributed by atoms with Gasteiger partial charge in [0.15, 0.2) is 0 Å². The molecule has 0 spiro atoms. The lowest BCUT2D eigenvalue weighted by molar-refractivity contribution is -0.132. The van der Waals surface area contributed by atoms with E-state index in [-0.39, 0.29) is 18.1 Å². The van der Waals surface area contributed by atoms with Crippen LogP contribution >= 0.6 is 0 Å². The van der Waals surface area contributed by atoms with Gasteiger partial charge in [0.2, 0.25) is 5.91 Å². The fourth-order valence-corrected chi connectivity index (χ4v) is 2.84. The maximum Gasteiger partial charge on any atom is 0.240 e. The molecule has 2 saturated heterocycles. The second-order valence-corrected chi connectivity index (χ2v) is 5.99. The van der Waals surface area contributed by atoms with Gasteiger partial charge in [0, 0.05) is 19.6 Å². The van der Waals surface area contributed by atoms with Gasteiger partial charge in [-0.2, -0.15) is 0 Å². The van der Waals surface area contributed by atoms with E-state index < -0.39 is 0 Å². The summed E-state index contributed by atoms with van der Waals surface area (Å²) in [5, 5.41) is 3.31. The lowest BCUT2D eigenvalue weighted by Gasteiger charge is -2.34. The Kier molecular flexibility index (Phi) is 5.19. The molecule has 2 rings (SSSR count). The molecule has 0 radical (unpaired) electrons. The molecule has 2 aliphatic heterocycles. The van der Waals surface area contributed by atoms with Crippen molar-refractivity contribution in [2.45, 2.75) is 39.3 Å². The van der Waals surface area contributed by atoms with Crippen LogP contribution in [-0.4, -0.2) is 67.3 Å². The number of likely N-dealkylation sites (N-methyl/N-ethyl adjacent to an activating group) is 1. The van der Waals surface area contributed by atoms with E-state index in [2.05, 4.69) is 31.0 Å². The molecule has 2 fully saturated rings. The van der Waals surface area contributed by atoms with E-state index in [0.717, 1.165) is 39.2 Å². The molecule has 110 valence electrons. The van der Waals surface area contributed by atoms with Crippen LogP contribution in [-0.2, 0) is 9.53 Å². The van der Waals surface area contributed by atoms with Crippen molar-refractivity contribution >= 4 is 5.91 Å². The zero-order chi connectivity index (χ0) is 13.8. The highest BCUT2D eigenvalue weighted by Gasteiger charge is 2.33. The van der Waals surface area contributed by atoms with Crippen LogP contribution in [0.1, 0.15) is 27.2 Å². The number of amides is 1. The zero-order valence-electron chi connectivity index (χ0n) is 12.4. The van der Waals surface area contributed by atoms with Crippen molar-refractivity contribution < 1.29 is 9.53 Å². The molecule has 2 heterocycles. The molecule has 5 heteroatoms. The minimum absolute atomic E-state index is 0.00543. The smallest absolute Gasteiger partial charge is 0.240 e. The average molecular weight is 269 g/mol. The number of rotatable bonds is 5. The van der Waals surface area contributed by atoms with Gasteiger partial charge in [-0.1, -0.05) is 20.8 Å². The largest absolute Gasteiger partial charge is 0.374 e. The number of carbonyl (C=O) groups excluding carboxylic acids is 1. The molecule has 0 saturated carbocycles. The zero-order valence-corrected chi connectivity index (χ0v) is 12.4. The second kappa shape index (κ2) is 6.68. The molecular weight excluding hydrogens is 242 g/mol. The average Bonchev–Trinajstić information content (AvgIpc) is 2.71. The molecule has 5 nitrogen and oxygen atoms in total. The number of morpholine rings is 1. The highest BCUT2D eigenvalue weighted by atomic mass is 16.5. The Morgan fingerprint density at radius 1 is 1.47 bits per heavy atom. The second-order valence-electron chi connectivity index (χ2n) is 5.99. The minimum Gasteiger partial charge on any atom is -0.374 e. The van der Waals surface area contributed by atoms with E-state index in [9.17, 15) is 4.79 Å². The number of ether oxygens (including phenoxy) is 1. The van der Waals surface area contributed by atoms with E-state index >= 15 is 0 Å². The Hall–Kier alpha value is -0.650. The third-order valence-corrected chi connectivity index (χ3v) is 3.94. The third-order valence-electron chi connectivity index (χ3n) is 3.94. The van der Waals surface area contributed by atoms with Gasteiger partial charge >= 0.3 is 0 Å². The molecule has 2 unspecified atom stereocenters. The summed E-state index contributed by atoms with van der Waals surface area (Å²) in [7, 11) is 0. The lowest BCUT2D eigenvalue weighted by Crippen LogP contribution is -2.48. The molecule has 2 aliphatic rings. The summed E-state index contributed by atoms with van der Waals surface area (Å²) in [5.41, 5.74) is 0. The molecule has 0 aromatic rings. The Labute approximate surface area is 116 Å². The Bertz CT molecular complexity index is 309. The summed E-state index contributed by atoms with van der Waals surface area (Å²) >= 11 is 0. The summed E-state index contributed by atoms with van der Waals surface area (Å²) in [6.45, 7) is 11.7. The van der Waals surface area contributed by atoms with Crippen LogP contribution in [0.15, 0.2) is 0 Å². The van der Waals surface area contributed by atoms with Crippen LogP contribution in [0, 0.1) is 5.92 Å². The quantitative estimate of drug-likeness (QED) is 0.790. The number of nitrogens with one attached hydrogen (secondary N) is 1. The molecule has 0 aromatic heterocycles. The van der Waals surface area contributed by atoms with Gasteiger partial charge in [0.25, 0.3) is 0 Å². The highest BCUT2D eigenvalue weighted by Crippen LogP contribution is 2.14. The SMILES string of the molecule is CCN1CCOC(CN2CNC(CC(C)C)C2=O)C1. The van der Waals surface area contributed by atoms with E-state index in [1.54, 1.807) is 0 Å². The van der Waals surface area contributed by atoms with E-state index in [1.807, 2.05) is 4.90 Å². The van der Waals surface area contributed by atoms with Gasteiger partial charge < -0.3 is 9.64 Å². The molecule has 2 atom stereocenters. The predicted molar refractivity (Wildman–Crippen MR) is 74.8 cm³/mol. The first-order valence-electron chi connectivity index (χ1n) is 7.46. The third kappa shape index (κ3) is 3.91. The van der Waals surface area contributed by atoms with E-state index in [1.165, 1.54) is 0 Å². The normalized spacial score (nSPS) is 29.5. The molecule has 0 bridgehead atoms. The van der Waals surface area contributed by atoms with Crippen molar-refractivity contribution in [2.24, 2.45) is 5.92 Å². The molecular formula is C14H27N3O2. The predicted octanol–water partition coefficient (Wildman–Crippen LogP) is 0.511. The van der Waals surface area contributed by atoms with Gasteiger partial charge in [-0.3, -0.25) is 15.0 Å². The van der Waals surface area contributed by atoms with Crippen molar-refractivity contribution in [3.63, 3.8) is 0 Å². The standard InChI is InChI=1S/C14H27N3O2/c1-4-16-5-6-19-12(8-16)9-17-10-15-13(14(17)18)7-11(2)3/h11-13,15H,4-10H2,1-3H3. The van der Waals surface area contributed by atoms with Crippen LogP contribution in [0.5, 0.6) is 0 Å². The molecule has 0 aliphatic carbocycles. The van der Waals surface area contributed by atoms with E-state index in [4.69, 9.17) is 4.74 Å². The van der Waals surface area contributed by atoms with Crippen LogP contribution in [0.2, 0.25) is 0 Å². The van der Waals surface area contributed by atoms with Crippen LogP contribution < -0.4 is 5.32 Å². The first-order valence-corrected chi connectivity index (χ1v) is 7.46. The summed E-state index contributed by atoms with van der Waals surface area (Å²) in [4.78, 5) is 16.6. The Morgan fingerprint density at radius 3 is 2.95 bits per heavy atom. The maximum absolute atomic E-state index is 12.3. The first kappa shape index (κ1) is 14.8. The number of carbonyl (C=O) groups is 1. The molecule has 0 aromatic carbocycles. The summed E-state index contributed by atoms with van der Waals surface area (Å²) in [5.74, 6) is 0.786. The monoisotopic (exact) mass is 269 g/mol. The van der Waals surface area contributed by atoms with Gasteiger partial charge in [-0.15, -0.1) is 0 Å². The van der Waals surface area contributed by atoms with Gasteiger partial charge in [0.1, 0.15) is 0 Å². The van der Waals surface area contributed by atoms with Crippen molar-refractivity contribution in [2.75, 3.05) is 39.5 Å². The number of hydrogen-bond donors (Lipinski definition) is 1. The number of nitrogens with zero attached hydrogens (tertiary/aromatic N) is 2. The van der Waals surface area contributed by atoms with Gasteiger partial charge in [-0.25, -0.2) is 0 Å². The van der Waals surface area contributed by atoms with Crippen molar-refractivity contribution in [3.05, 3.63) is 0 Å². The van der Waals surface area contributed by atoms with Gasteiger partial charge in [-0.05, 0) is 18.9 Å². The fourth-order valence-electron chi connectivity index (χ4n) is 2.84. The summed E-state index contributed by atoms with van der Waals surface area (Å²) in [6, 6.07) is 0.00543. The molecule has 1 N–H and O–H groups in total. The topological polar surface area (TPSA) is 44.8 Å². The molecule has 19 heavy (non-hydrogen) atoms. The minimum atomic E-state index is 0.00543. The van der Waals surface area contributed by atoms with Crippen LogP contribution in [0.3, 0.4) is 0 Å². The van der Waals surface area contributed by atoms with Crippen molar-refractivity contribution in [1.29, 1.82) is 0 Å². The lowest BCUT2D eigenvalue weighted by atomic mass is 10.0. The van der Waals surface area contributed by atoms with Crippen molar-refractivity contribution in [1.82, 2.24) is 15.1 Å². The highest BCUT2D eigenvalue weighted by molar-refractivity contribution is 5.83. The first-order chi connectivity index (χ1) is 9.10. The summed E-state index contributed by atoms with van der Waals surface area (Å²) < 4.78 is 5.77. The summed E-state index contributed by atoms with van der Waals surface area (Å²) in [6.07, 6.45) is 1.08. The Balaban J connectivity index is 1.81. The number of hydrogen-bond acceptors (Lipinski definition) is 4. The van der Waals surface area contributed by atoms with E-state index in [0.29, 0.717) is 12.6 Å². The van der Waals surface area contributed by atoms with Crippen LogP contribution in [0.4, 0.5) is 0 Å². The maximum atomic E-state index is 12.3. The molecule has 1 amide bonds.